The van der Waals surface area contributed by atoms with Gasteiger partial charge in [-0.1, -0.05) is 24.6 Å². The Morgan fingerprint density at radius 2 is 2.05 bits per heavy atom. The molecule has 4 aliphatic rings. The summed E-state index contributed by atoms with van der Waals surface area (Å²) < 4.78 is 0. The number of amidine groups is 1. The molecule has 0 aromatic carbocycles. The predicted molar refractivity (Wildman–Crippen MR) is 86.4 cm³/mol. The molecule has 1 aliphatic carbocycles. The lowest BCUT2D eigenvalue weighted by Crippen LogP contribution is -2.47. The Labute approximate surface area is 127 Å². The monoisotopic (exact) mass is 293 g/mol. The minimum absolute atomic E-state index is 0.574. The van der Waals surface area contributed by atoms with Crippen molar-refractivity contribution >= 4 is 16.9 Å². The number of nitrogens with zero attached hydrogens (tertiary/aromatic N) is 2. The summed E-state index contributed by atoms with van der Waals surface area (Å²) >= 11 is 2.00. The minimum atomic E-state index is 0.574. The number of piperidine rings is 1. The van der Waals surface area contributed by atoms with Crippen molar-refractivity contribution in [3.8, 4) is 0 Å². The summed E-state index contributed by atoms with van der Waals surface area (Å²) in [5.41, 5.74) is 0.574. The average molecular weight is 293 g/mol. The Balaban J connectivity index is 1.32. The van der Waals surface area contributed by atoms with E-state index in [4.69, 9.17) is 4.99 Å². The molecule has 3 fully saturated rings. The van der Waals surface area contributed by atoms with Gasteiger partial charge in [0.2, 0.25) is 0 Å². The molecule has 112 valence electrons. The van der Waals surface area contributed by atoms with E-state index in [1.165, 1.54) is 75.4 Å². The van der Waals surface area contributed by atoms with Crippen LogP contribution in [0.4, 0.5) is 0 Å². The Kier molecular flexibility index (Phi) is 3.71. The van der Waals surface area contributed by atoms with Gasteiger partial charge in [-0.15, -0.1) is 0 Å². The average Bonchev–Trinajstić information content (AvgIpc) is 3.11. The van der Waals surface area contributed by atoms with E-state index in [0.717, 1.165) is 12.6 Å². The van der Waals surface area contributed by atoms with Gasteiger partial charge in [0.25, 0.3) is 0 Å². The lowest BCUT2D eigenvalue weighted by Gasteiger charge is -2.37. The Morgan fingerprint density at radius 1 is 1.15 bits per heavy atom. The molecule has 0 amide bonds. The Hall–Kier alpha value is -0.220. The SMILES string of the molecule is C1CC2CC(NC3=NCC4(CCCC4)CS3)CCN2C1. The van der Waals surface area contributed by atoms with Gasteiger partial charge in [-0.05, 0) is 50.5 Å². The maximum Gasteiger partial charge on any atom is 0.156 e. The first-order valence-corrected chi connectivity index (χ1v) is 9.49. The third kappa shape index (κ3) is 2.61. The molecular formula is C16H27N3S. The second kappa shape index (κ2) is 5.53. The molecule has 3 aliphatic heterocycles. The number of fused-ring (bicyclic) bond motifs is 1. The van der Waals surface area contributed by atoms with Crippen LogP contribution < -0.4 is 5.32 Å². The first-order chi connectivity index (χ1) is 9.83. The van der Waals surface area contributed by atoms with Crippen LogP contribution in [-0.2, 0) is 0 Å². The van der Waals surface area contributed by atoms with Crippen molar-refractivity contribution in [1.82, 2.24) is 10.2 Å². The van der Waals surface area contributed by atoms with Crippen LogP contribution in [0.15, 0.2) is 4.99 Å². The Bertz CT molecular complexity index is 389. The van der Waals surface area contributed by atoms with Crippen molar-refractivity contribution in [2.24, 2.45) is 10.4 Å². The molecule has 0 aromatic rings. The standard InChI is InChI=1S/C16H27N3S/c1-2-7-16(6-1)11-17-15(20-12-16)18-13-5-9-19-8-3-4-14(19)10-13/h13-14H,1-12H2,(H,17,18). The molecule has 3 nitrogen and oxygen atoms in total. The normalized spacial score (nSPS) is 36.9. The first-order valence-electron chi connectivity index (χ1n) is 8.51. The van der Waals surface area contributed by atoms with Crippen LogP contribution in [-0.4, -0.2) is 47.5 Å². The number of nitrogens with one attached hydrogen (secondary N) is 1. The summed E-state index contributed by atoms with van der Waals surface area (Å²) in [7, 11) is 0. The van der Waals surface area contributed by atoms with E-state index in [2.05, 4.69) is 10.2 Å². The van der Waals surface area contributed by atoms with Crippen LogP contribution in [0.25, 0.3) is 0 Å². The first kappa shape index (κ1) is 13.4. The predicted octanol–water partition coefficient (Wildman–Crippen LogP) is 2.87. The van der Waals surface area contributed by atoms with E-state index >= 15 is 0 Å². The molecule has 4 rings (SSSR count). The molecule has 1 saturated carbocycles. The number of hydrogen-bond donors (Lipinski definition) is 1. The van der Waals surface area contributed by atoms with Crippen LogP contribution in [0, 0.1) is 5.41 Å². The fourth-order valence-electron chi connectivity index (χ4n) is 4.60. The molecule has 1 spiro atoms. The summed E-state index contributed by atoms with van der Waals surface area (Å²) in [4.78, 5) is 7.60. The van der Waals surface area contributed by atoms with Crippen LogP contribution in [0.5, 0.6) is 0 Å². The van der Waals surface area contributed by atoms with Gasteiger partial charge in [-0.2, -0.15) is 0 Å². The third-order valence-corrected chi connectivity index (χ3v) is 7.16. The van der Waals surface area contributed by atoms with E-state index in [0.29, 0.717) is 11.5 Å². The maximum absolute atomic E-state index is 4.90. The van der Waals surface area contributed by atoms with Crippen molar-refractivity contribution in [2.75, 3.05) is 25.4 Å². The highest BCUT2D eigenvalue weighted by molar-refractivity contribution is 8.13. The van der Waals surface area contributed by atoms with Crippen LogP contribution in [0.2, 0.25) is 0 Å². The van der Waals surface area contributed by atoms with Crippen molar-refractivity contribution in [2.45, 2.75) is 63.5 Å². The third-order valence-electron chi connectivity index (χ3n) is 5.89. The summed E-state index contributed by atoms with van der Waals surface area (Å²) in [6.07, 6.45) is 11.2. The molecule has 0 aromatic heterocycles. The molecule has 2 saturated heterocycles. The van der Waals surface area contributed by atoms with Gasteiger partial charge in [0, 0.05) is 30.9 Å². The lowest BCUT2D eigenvalue weighted by molar-refractivity contribution is 0.175. The Morgan fingerprint density at radius 3 is 2.85 bits per heavy atom. The molecule has 0 bridgehead atoms. The summed E-state index contributed by atoms with van der Waals surface area (Å²) in [6, 6.07) is 1.54. The van der Waals surface area contributed by atoms with E-state index in [-0.39, 0.29) is 0 Å². The highest BCUT2D eigenvalue weighted by Crippen LogP contribution is 2.43. The number of thioether (sulfide) groups is 1. The van der Waals surface area contributed by atoms with Gasteiger partial charge in [0.1, 0.15) is 0 Å². The van der Waals surface area contributed by atoms with Gasteiger partial charge < -0.3 is 10.2 Å². The van der Waals surface area contributed by atoms with E-state index in [1.807, 2.05) is 11.8 Å². The zero-order chi connectivity index (χ0) is 13.4. The van der Waals surface area contributed by atoms with E-state index in [9.17, 15) is 0 Å². The molecule has 4 heteroatoms. The zero-order valence-electron chi connectivity index (χ0n) is 12.4. The largest absolute Gasteiger partial charge is 0.362 e. The van der Waals surface area contributed by atoms with Gasteiger partial charge in [-0.25, -0.2) is 0 Å². The van der Waals surface area contributed by atoms with Gasteiger partial charge in [0.15, 0.2) is 5.17 Å². The van der Waals surface area contributed by atoms with Crippen LogP contribution >= 0.6 is 11.8 Å². The van der Waals surface area contributed by atoms with Gasteiger partial charge in [0.05, 0.1) is 0 Å². The number of rotatable bonds is 1. The van der Waals surface area contributed by atoms with Crippen molar-refractivity contribution in [3.05, 3.63) is 0 Å². The molecule has 3 heterocycles. The van der Waals surface area contributed by atoms with Crippen molar-refractivity contribution in [3.63, 3.8) is 0 Å². The second-order valence-corrected chi connectivity index (χ2v) is 8.28. The molecular weight excluding hydrogens is 266 g/mol. The summed E-state index contributed by atoms with van der Waals surface area (Å²) in [5, 5.41) is 5.01. The molecule has 20 heavy (non-hydrogen) atoms. The molecule has 1 N–H and O–H groups in total. The molecule has 2 atom stereocenters. The topological polar surface area (TPSA) is 27.6 Å². The maximum atomic E-state index is 4.90. The summed E-state index contributed by atoms with van der Waals surface area (Å²) in [6.45, 7) is 3.73. The van der Waals surface area contributed by atoms with Crippen LogP contribution in [0.3, 0.4) is 0 Å². The van der Waals surface area contributed by atoms with Gasteiger partial charge in [-0.3, -0.25) is 4.99 Å². The molecule has 0 radical (unpaired) electrons. The van der Waals surface area contributed by atoms with E-state index in [1.54, 1.807) is 0 Å². The smallest absolute Gasteiger partial charge is 0.156 e. The zero-order valence-corrected chi connectivity index (χ0v) is 13.3. The number of hydrogen-bond acceptors (Lipinski definition) is 4. The lowest BCUT2D eigenvalue weighted by atomic mass is 9.89. The fraction of sp³-hybridized carbons (Fsp3) is 0.938. The second-order valence-electron chi connectivity index (χ2n) is 7.31. The number of aliphatic imine (C=N–C) groups is 1. The van der Waals surface area contributed by atoms with Crippen molar-refractivity contribution < 1.29 is 0 Å². The van der Waals surface area contributed by atoms with Gasteiger partial charge >= 0.3 is 0 Å². The summed E-state index contributed by atoms with van der Waals surface area (Å²) in [5.74, 6) is 1.31. The highest BCUT2D eigenvalue weighted by atomic mass is 32.2. The minimum Gasteiger partial charge on any atom is -0.362 e. The molecule has 2 unspecified atom stereocenters. The van der Waals surface area contributed by atoms with E-state index < -0.39 is 0 Å². The highest BCUT2D eigenvalue weighted by Gasteiger charge is 2.37. The van der Waals surface area contributed by atoms with Crippen molar-refractivity contribution in [1.29, 1.82) is 0 Å². The fourth-order valence-corrected chi connectivity index (χ4v) is 5.83. The van der Waals surface area contributed by atoms with Crippen LogP contribution in [0.1, 0.15) is 51.4 Å². The quantitative estimate of drug-likeness (QED) is 0.805.